The van der Waals surface area contributed by atoms with Crippen LogP contribution in [0.4, 0.5) is 0 Å². The van der Waals surface area contributed by atoms with Crippen LogP contribution in [0.2, 0.25) is 0 Å². The Bertz CT molecular complexity index is 383. The predicted molar refractivity (Wildman–Crippen MR) is 62.2 cm³/mol. The molecule has 0 saturated carbocycles. The number of nitrogens with zero attached hydrogens (tertiary/aromatic N) is 1. The second-order valence-electron chi connectivity index (χ2n) is 3.74. The number of likely N-dealkylation sites (N-methyl/N-ethyl adjacent to an activating group) is 1. The van der Waals surface area contributed by atoms with E-state index in [9.17, 15) is 9.59 Å². The van der Waals surface area contributed by atoms with E-state index in [2.05, 4.69) is 5.32 Å². The van der Waals surface area contributed by atoms with Crippen LogP contribution < -0.4 is 5.32 Å². The maximum absolute atomic E-state index is 11.4. The lowest BCUT2D eigenvalue weighted by Gasteiger charge is -2.10. The maximum Gasteiger partial charge on any atom is 0.251 e. The van der Waals surface area contributed by atoms with E-state index in [1.165, 1.54) is 0 Å². The first-order chi connectivity index (χ1) is 7.54. The zero-order valence-corrected chi connectivity index (χ0v) is 9.78. The van der Waals surface area contributed by atoms with E-state index in [-0.39, 0.29) is 11.8 Å². The monoisotopic (exact) mass is 220 g/mol. The highest BCUT2D eigenvalue weighted by Crippen LogP contribution is 2.06. The SMILES string of the molecule is CNC(=O)c1ccc(CC(=O)N(C)C)cc1. The maximum atomic E-state index is 11.4. The van der Waals surface area contributed by atoms with E-state index >= 15 is 0 Å². The Hall–Kier alpha value is -1.84. The molecule has 2 amide bonds. The average Bonchev–Trinajstić information content (AvgIpc) is 2.28. The van der Waals surface area contributed by atoms with Crippen molar-refractivity contribution in [1.29, 1.82) is 0 Å². The number of carbonyl (C=O) groups is 2. The molecule has 0 unspecified atom stereocenters. The Labute approximate surface area is 95.3 Å². The molecule has 0 bridgehead atoms. The van der Waals surface area contributed by atoms with Gasteiger partial charge in [-0.05, 0) is 17.7 Å². The number of hydrogen-bond donors (Lipinski definition) is 1. The van der Waals surface area contributed by atoms with Crippen molar-refractivity contribution in [3.8, 4) is 0 Å². The molecule has 1 N–H and O–H groups in total. The van der Waals surface area contributed by atoms with E-state index in [4.69, 9.17) is 0 Å². The van der Waals surface area contributed by atoms with Crippen LogP contribution in [0.1, 0.15) is 15.9 Å². The summed E-state index contributed by atoms with van der Waals surface area (Å²) in [6.07, 6.45) is 0.362. The fourth-order valence-electron chi connectivity index (χ4n) is 1.25. The van der Waals surface area contributed by atoms with Crippen molar-refractivity contribution in [2.24, 2.45) is 0 Å². The summed E-state index contributed by atoms with van der Waals surface area (Å²) in [4.78, 5) is 24.3. The van der Waals surface area contributed by atoms with E-state index in [1.807, 2.05) is 0 Å². The van der Waals surface area contributed by atoms with Gasteiger partial charge in [0.2, 0.25) is 5.91 Å². The van der Waals surface area contributed by atoms with E-state index < -0.39 is 0 Å². The minimum atomic E-state index is -0.120. The lowest BCUT2D eigenvalue weighted by molar-refractivity contribution is -0.127. The number of nitrogens with one attached hydrogen (secondary N) is 1. The van der Waals surface area contributed by atoms with Crippen LogP contribution in [0, 0.1) is 0 Å². The number of benzene rings is 1. The molecular weight excluding hydrogens is 204 g/mol. The van der Waals surface area contributed by atoms with E-state index in [0.717, 1.165) is 5.56 Å². The normalized spacial score (nSPS) is 9.69. The van der Waals surface area contributed by atoms with Crippen molar-refractivity contribution >= 4 is 11.8 Å². The number of hydrogen-bond acceptors (Lipinski definition) is 2. The van der Waals surface area contributed by atoms with Crippen molar-refractivity contribution < 1.29 is 9.59 Å². The Morgan fingerprint density at radius 2 is 1.75 bits per heavy atom. The first kappa shape index (κ1) is 12.2. The molecule has 86 valence electrons. The van der Waals surface area contributed by atoms with E-state index in [0.29, 0.717) is 12.0 Å². The summed E-state index contributed by atoms with van der Waals surface area (Å²) < 4.78 is 0. The fourth-order valence-corrected chi connectivity index (χ4v) is 1.25. The van der Waals surface area contributed by atoms with Crippen molar-refractivity contribution in [2.45, 2.75) is 6.42 Å². The van der Waals surface area contributed by atoms with Crippen LogP contribution in [0.3, 0.4) is 0 Å². The van der Waals surface area contributed by atoms with Crippen molar-refractivity contribution in [3.05, 3.63) is 35.4 Å². The summed E-state index contributed by atoms with van der Waals surface area (Å²) in [5.74, 6) is -0.0711. The zero-order chi connectivity index (χ0) is 12.1. The van der Waals surface area contributed by atoms with Gasteiger partial charge >= 0.3 is 0 Å². The molecule has 16 heavy (non-hydrogen) atoms. The second-order valence-corrected chi connectivity index (χ2v) is 3.74. The van der Waals surface area contributed by atoms with Gasteiger partial charge in [0.05, 0.1) is 6.42 Å². The van der Waals surface area contributed by atoms with Crippen molar-refractivity contribution in [3.63, 3.8) is 0 Å². The number of amides is 2. The van der Waals surface area contributed by atoms with Gasteiger partial charge in [-0.25, -0.2) is 0 Å². The lowest BCUT2D eigenvalue weighted by Crippen LogP contribution is -2.23. The van der Waals surface area contributed by atoms with Crippen LogP contribution >= 0.6 is 0 Å². The topological polar surface area (TPSA) is 49.4 Å². The molecule has 0 aliphatic rings. The molecule has 0 aliphatic heterocycles. The van der Waals surface area contributed by atoms with Gasteiger partial charge in [-0.2, -0.15) is 0 Å². The Morgan fingerprint density at radius 3 is 2.19 bits per heavy atom. The molecule has 0 aromatic heterocycles. The van der Waals surface area contributed by atoms with Crippen LogP contribution in [0.5, 0.6) is 0 Å². The highest BCUT2D eigenvalue weighted by molar-refractivity contribution is 5.94. The molecule has 1 rings (SSSR count). The van der Waals surface area contributed by atoms with Crippen LogP contribution in [0.25, 0.3) is 0 Å². The minimum Gasteiger partial charge on any atom is -0.355 e. The molecular formula is C12H16N2O2. The highest BCUT2D eigenvalue weighted by atomic mass is 16.2. The molecule has 4 nitrogen and oxygen atoms in total. The number of carbonyl (C=O) groups excluding carboxylic acids is 2. The second kappa shape index (κ2) is 5.30. The molecule has 0 atom stereocenters. The highest BCUT2D eigenvalue weighted by Gasteiger charge is 2.06. The molecule has 0 spiro atoms. The summed E-state index contributed by atoms with van der Waals surface area (Å²) in [5, 5.41) is 2.55. The lowest BCUT2D eigenvalue weighted by atomic mass is 10.1. The van der Waals surface area contributed by atoms with Crippen molar-refractivity contribution in [2.75, 3.05) is 21.1 Å². The summed E-state index contributed by atoms with van der Waals surface area (Å²) >= 11 is 0. The molecule has 0 fully saturated rings. The smallest absolute Gasteiger partial charge is 0.251 e. The van der Waals surface area contributed by atoms with Gasteiger partial charge in [-0.1, -0.05) is 12.1 Å². The summed E-state index contributed by atoms with van der Waals surface area (Å²) in [6.45, 7) is 0. The minimum absolute atomic E-state index is 0.0488. The fraction of sp³-hybridized carbons (Fsp3) is 0.333. The van der Waals surface area contributed by atoms with Gasteiger partial charge in [0.15, 0.2) is 0 Å². The molecule has 1 aromatic carbocycles. The van der Waals surface area contributed by atoms with Crippen LogP contribution in [0.15, 0.2) is 24.3 Å². The molecule has 0 heterocycles. The summed E-state index contributed by atoms with van der Waals surface area (Å²) in [6, 6.07) is 7.03. The predicted octanol–water partition coefficient (Wildman–Crippen LogP) is 0.677. The quantitative estimate of drug-likeness (QED) is 0.814. The van der Waals surface area contributed by atoms with Crippen molar-refractivity contribution in [1.82, 2.24) is 10.2 Å². The Balaban J connectivity index is 2.72. The third kappa shape index (κ3) is 3.08. The van der Waals surface area contributed by atoms with Gasteiger partial charge in [-0.15, -0.1) is 0 Å². The summed E-state index contributed by atoms with van der Waals surface area (Å²) in [7, 11) is 5.04. The Kier molecular flexibility index (Phi) is 4.05. The van der Waals surface area contributed by atoms with Gasteiger partial charge in [0.25, 0.3) is 5.91 Å². The molecule has 1 aromatic rings. The average molecular weight is 220 g/mol. The standard InChI is InChI=1S/C12H16N2O2/c1-13-12(16)10-6-4-9(5-7-10)8-11(15)14(2)3/h4-7H,8H2,1-3H3,(H,13,16). The zero-order valence-electron chi connectivity index (χ0n) is 9.78. The van der Waals surface area contributed by atoms with Gasteiger partial charge in [0.1, 0.15) is 0 Å². The van der Waals surface area contributed by atoms with Gasteiger partial charge in [0, 0.05) is 26.7 Å². The molecule has 0 saturated heterocycles. The molecule has 0 aliphatic carbocycles. The first-order valence-corrected chi connectivity index (χ1v) is 5.05. The Morgan fingerprint density at radius 1 is 1.19 bits per heavy atom. The van der Waals surface area contributed by atoms with Gasteiger partial charge < -0.3 is 10.2 Å². The third-order valence-electron chi connectivity index (χ3n) is 2.30. The van der Waals surface area contributed by atoms with Gasteiger partial charge in [-0.3, -0.25) is 9.59 Å². The van der Waals surface area contributed by atoms with E-state index in [1.54, 1.807) is 50.3 Å². The largest absolute Gasteiger partial charge is 0.355 e. The first-order valence-electron chi connectivity index (χ1n) is 5.05. The van der Waals surface area contributed by atoms with Crippen LogP contribution in [-0.4, -0.2) is 37.9 Å². The molecule has 0 radical (unpaired) electrons. The molecule has 4 heteroatoms. The number of rotatable bonds is 3. The third-order valence-corrected chi connectivity index (χ3v) is 2.30. The van der Waals surface area contributed by atoms with Crippen LogP contribution in [-0.2, 0) is 11.2 Å². The summed E-state index contributed by atoms with van der Waals surface area (Å²) in [5.41, 5.74) is 1.51.